The van der Waals surface area contributed by atoms with Crippen LogP contribution in [-0.4, -0.2) is 40.5 Å². The van der Waals surface area contributed by atoms with Gasteiger partial charge in [-0.05, 0) is 36.8 Å². The van der Waals surface area contributed by atoms with Crippen molar-refractivity contribution in [3.8, 4) is 17.2 Å². The molecule has 3 N–H and O–H groups in total. The molecule has 1 aliphatic heterocycles. The van der Waals surface area contributed by atoms with E-state index in [0.29, 0.717) is 16.3 Å². The van der Waals surface area contributed by atoms with Crippen molar-refractivity contribution >= 4 is 18.2 Å². The zero-order chi connectivity index (χ0) is 18.9. The number of nitrogens with one attached hydrogen (secondary N) is 1. The van der Waals surface area contributed by atoms with Crippen molar-refractivity contribution in [2.45, 2.75) is 12.5 Å². The molecule has 1 atom stereocenters. The highest BCUT2D eigenvalue weighted by Crippen LogP contribution is 2.31. The van der Waals surface area contributed by atoms with E-state index in [9.17, 15) is 19.8 Å². The minimum absolute atomic E-state index is 0.170. The fraction of sp³-hybridized carbons (Fsp3) is 0.167. The van der Waals surface area contributed by atoms with E-state index < -0.39 is 17.5 Å². The Morgan fingerprint density at radius 1 is 1.15 bits per heavy atom. The summed E-state index contributed by atoms with van der Waals surface area (Å²) in [5, 5.41) is 26.4. The predicted octanol–water partition coefficient (Wildman–Crippen LogP) is 1.91. The second kappa shape index (κ2) is 6.40. The summed E-state index contributed by atoms with van der Waals surface area (Å²) in [5.74, 6) is -0.651. The largest absolute Gasteiger partial charge is 0.504 e. The van der Waals surface area contributed by atoms with Gasteiger partial charge in [-0.15, -0.1) is 5.01 Å². The first kappa shape index (κ1) is 17.3. The molecule has 0 radical (unpaired) electrons. The van der Waals surface area contributed by atoms with Gasteiger partial charge in [-0.2, -0.15) is 5.10 Å². The van der Waals surface area contributed by atoms with Crippen LogP contribution in [0.1, 0.15) is 18.1 Å². The van der Waals surface area contributed by atoms with Crippen molar-refractivity contribution in [3.63, 3.8) is 0 Å². The molecular formula is C18H17N3O5. The normalized spacial score (nSPS) is 19.8. The Labute approximate surface area is 149 Å². The second-order valence-electron chi connectivity index (χ2n) is 5.86. The van der Waals surface area contributed by atoms with Crippen LogP contribution in [0.4, 0.5) is 4.79 Å². The average Bonchev–Trinajstić information content (AvgIpc) is 2.86. The van der Waals surface area contributed by atoms with Gasteiger partial charge in [0.1, 0.15) is 11.3 Å². The van der Waals surface area contributed by atoms with Crippen molar-refractivity contribution < 1.29 is 24.5 Å². The molecule has 8 heteroatoms. The number of benzene rings is 2. The molecule has 0 aromatic heterocycles. The third kappa shape index (κ3) is 2.81. The van der Waals surface area contributed by atoms with E-state index in [0.717, 1.165) is 6.21 Å². The highest BCUT2D eigenvalue weighted by molar-refractivity contribution is 6.07. The highest BCUT2D eigenvalue weighted by Gasteiger charge is 2.49. The van der Waals surface area contributed by atoms with Crippen molar-refractivity contribution in [1.82, 2.24) is 10.3 Å². The van der Waals surface area contributed by atoms with Crippen LogP contribution in [0.3, 0.4) is 0 Å². The molecule has 0 spiro atoms. The summed E-state index contributed by atoms with van der Waals surface area (Å²) in [6.07, 6.45) is 1.13. The molecule has 1 heterocycles. The Bertz CT molecular complexity index is 894. The average molecular weight is 355 g/mol. The van der Waals surface area contributed by atoms with Crippen LogP contribution in [0.5, 0.6) is 17.2 Å². The molecule has 0 aliphatic carbocycles. The van der Waals surface area contributed by atoms with Crippen LogP contribution in [0.25, 0.3) is 0 Å². The number of imide groups is 1. The maximum atomic E-state index is 12.8. The number of rotatable bonds is 4. The van der Waals surface area contributed by atoms with Gasteiger partial charge in [-0.3, -0.25) is 4.79 Å². The van der Waals surface area contributed by atoms with Gasteiger partial charge in [0.2, 0.25) is 0 Å². The number of urea groups is 1. The SMILES string of the molecule is COc1ccc(C2(C)NC(=O)N(/N=C/c3cccc(O)c3O)C2=O)cc1. The lowest BCUT2D eigenvalue weighted by Gasteiger charge is -2.21. The number of para-hydroxylation sites is 1. The number of phenolic OH excluding ortho intramolecular Hbond substituents is 2. The van der Waals surface area contributed by atoms with Crippen LogP contribution in [0.15, 0.2) is 47.6 Å². The Hall–Kier alpha value is -3.55. The van der Waals surface area contributed by atoms with E-state index in [1.165, 1.54) is 25.3 Å². The van der Waals surface area contributed by atoms with Gasteiger partial charge in [-0.1, -0.05) is 18.2 Å². The maximum absolute atomic E-state index is 12.8. The fourth-order valence-corrected chi connectivity index (χ4v) is 2.62. The lowest BCUT2D eigenvalue weighted by Crippen LogP contribution is -2.40. The number of phenols is 2. The van der Waals surface area contributed by atoms with Gasteiger partial charge in [-0.25, -0.2) is 4.79 Å². The van der Waals surface area contributed by atoms with Gasteiger partial charge in [0, 0.05) is 5.56 Å². The minimum atomic E-state index is -1.28. The summed E-state index contributed by atoms with van der Waals surface area (Å²) in [6.45, 7) is 1.58. The minimum Gasteiger partial charge on any atom is -0.504 e. The number of nitrogens with zero attached hydrogens (tertiary/aromatic N) is 2. The molecule has 1 unspecified atom stereocenters. The maximum Gasteiger partial charge on any atom is 0.346 e. The van der Waals surface area contributed by atoms with Gasteiger partial charge in [0.05, 0.1) is 13.3 Å². The second-order valence-corrected chi connectivity index (χ2v) is 5.86. The Morgan fingerprint density at radius 2 is 1.85 bits per heavy atom. The molecule has 0 bridgehead atoms. The zero-order valence-electron chi connectivity index (χ0n) is 14.1. The third-order valence-electron chi connectivity index (χ3n) is 4.19. The summed E-state index contributed by atoms with van der Waals surface area (Å²) in [5.41, 5.74) is -0.528. The molecule has 134 valence electrons. The summed E-state index contributed by atoms with van der Waals surface area (Å²) >= 11 is 0. The first-order valence-electron chi connectivity index (χ1n) is 7.73. The van der Waals surface area contributed by atoms with E-state index in [-0.39, 0.29) is 17.1 Å². The standard InChI is InChI=1S/C18H17N3O5/c1-18(12-6-8-13(26-2)9-7-12)16(24)21(17(25)20-18)19-10-11-4-3-5-14(22)15(11)23/h3-10,22-23H,1-2H3,(H,20,25)/b19-10+. The third-order valence-corrected chi connectivity index (χ3v) is 4.19. The van der Waals surface area contributed by atoms with Crippen LogP contribution in [0, 0.1) is 0 Å². The molecule has 3 rings (SSSR count). The molecule has 26 heavy (non-hydrogen) atoms. The number of carbonyl (C=O) groups is 2. The van der Waals surface area contributed by atoms with E-state index in [4.69, 9.17) is 4.74 Å². The number of hydrogen-bond acceptors (Lipinski definition) is 6. The molecule has 8 nitrogen and oxygen atoms in total. The molecule has 1 aliphatic rings. The first-order chi connectivity index (χ1) is 12.4. The number of carbonyl (C=O) groups excluding carboxylic acids is 2. The van der Waals surface area contributed by atoms with Gasteiger partial charge in [0.15, 0.2) is 11.5 Å². The van der Waals surface area contributed by atoms with Crippen molar-refractivity contribution in [3.05, 3.63) is 53.6 Å². The van der Waals surface area contributed by atoms with Crippen LogP contribution in [0.2, 0.25) is 0 Å². The van der Waals surface area contributed by atoms with Crippen LogP contribution < -0.4 is 10.1 Å². The Kier molecular flexibility index (Phi) is 4.25. The lowest BCUT2D eigenvalue weighted by molar-refractivity contribution is -0.131. The summed E-state index contributed by atoms with van der Waals surface area (Å²) in [6, 6.07) is 10.4. The Morgan fingerprint density at radius 3 is 2.50 bits per heavy atom. The molecule has 2 aromatic carbocycles. The summed E-state index contributed by atoms with van der Waals surface area (Å²) < 4.78 is 5.09. The first-order valence-corrected chi connectivity index (χ1v) is 7.73. The monoisotopic (exact) mass is 355 g/mol. The van der Waals surface area contributed by atoms with Crippen LogP contribution >= 0.6 is 0 Å². The zero-order valence-corrected chi connectivity index (χ0v) is 14.1. The van der Waals surface area contributed by atoms with Gasteiger partial charge < -0.3 is 20.3 Å². The van der Waals surface area contributed by atoms with E-state index in [2.05, 4.69) is 10.4 Å². The molecule has 1 saturated heterocycles. The van der Waals surface area contributed by atoms with Gasteiger partial charge >= 0.3 is 6.03 Å². The summed E-state index contributed by atoms with van der Waals surface area (Å²) in [7, 11) is 1.53. The topological polar surface area (TPSA) is 111 Å². The summed E-state index contributed by atoms with van der Waals surface area (Å²) in [4.78, 5) is 25.0. The van der Waals surface area contributed by atoms with E-state index in [1.807, 2.05) is 0 Å². The molecular weight excluding hydrogens is 338 g/mol. The molecule has 1 fully saturated rings. The quantitative estimate of drug-likeness (QED) is 0.441. The number of ether oxygens (including phenoxy) is 1. The number of aromatic hydroxyl groups is 2. The van der Waals surface area contributed by atoms with E-state index in [1.54, 1.807) is 31.2 Å². The van der Waals surface area contributed by atoms with Crippen molar-refractivity contribution in [1.29, 1.82) is 0 Å². The smallest absolute Gasteiger partial charge is 0.346 e. The van der Waals surface area contributed by atoms with Crippen molar-refractivity contribution in [2.24, 2.45) is 5.10 Å². The predicted molar refractivity (Wildman–Crippen MR) is 93.1 cm³/mol. The van der Waals surface area contributed by atoms with Crippen LogP contribution in [-0.2, 0) is 10.3 Å². The number of hydrazone groups is 1. The molecule has 3 amide bonds. The number of methoxy groups -OCH3 is 1. The van der Waals surface area contributed by atoms with Gasteiger partial charge in [0.25, 0.3) is 5.91 Å². The van der Waals surface area contributed by atoms with E-state index >= 15 is 0 Å². The molecule has 2 aromatic rings. The number of hydrogen-bond donors (Lipinski definition) is 3. The highest BCUT2D eigenvalue weighted by atomic mass is 16.5. The fourth-order valence-electron chi connectivity index (χ4n) is 2.62. The van der Waals surface area contributed by atoms with Crippen molar-refractivity contribution in [2.75, 3.05) is 7.11 Å². The number of amides is 3. The molecule has 0 saturated carbocycles. The lowest BCUT2D eigenvalue weighted by atomic mass is 9.92. The Balaban J connectivity index is 1.88.